The summed E-state index contributed by atoms with van der Waals surface area (Å²) in [4.78, 5) is 56.3. The van der Waals surface area contributed by atoms with E-state index < -0.39 is 61.5 Å². The Morgan fingerprint density at radius 1 is 0.395 bits per heavy atom. The highest BCUT2D eigenvalue weighted by molar-refractivity contribution is 7.92. The van der Waals surface area contributed by atoms with Gasteiger partial charge in [-0.25, -0.2) is 52.5 Å². The highest BCUT2D eigenvalue weighted by Gasteiger charge is 2.55. The molecular weight excluding hydrogens is 1500 g/mol. The van der Waals surface area contributed by atoms with Gasteiger partial charge in [-0.3, -0.25) is 29.3 Å². The van der Waals surface area contributed by atoms with Crippen LogP contribution in [0.25, 0.3) is 35.3 Å². The number of benzene rings is 6. The molecule has 0 saturated heterocycles. The molecule has 6 heterocycles. The molecule has 3 fully saturated rings. The van der Waals surface area contributed by atoms with Crippen LogP contribution < -0.4 is 0 Å². The molecule has 0 unspecified atom stereocenters. The number of allylic oxidation sites excluding steroid dienone is 3. The molecule has 6 aliphatic carbocycles. The molecule has 6 aromatic carbocycles. The van der Waals surface area contributed by atoms with Gasteiger partial charge in [0.05, 0.1) is 99.4 Å². The lowest BCUT2D eigenvalue weighted by atomic mass is 9.61. The zero-order chi connectivity index (χ0) is 79.3. The van der Waals surface area contributed by atoms with Gasteiger partial charge >= 0.3 is 0 Å². The number of rotatable bonds is 16. The minimum Gasteiger partial charge on any atom is -0.291 e. The molecule has 18 rings (SSSR count). The normalized spacial score (nSPS) is 20.8. The van der Waals surface area contributed by atoms with Crippen LogP contribution in [-0.4, -0.2) is 103 Å². The number of carbonyl (C=O) groups excluding carboxylic acids is 3. The topological polar surface area (TPSA) is 246 Å². The van der Waals surface area contributed by atoms with E-state index in [0.717, 1.165) is 68.0 Å². The van der Waals surface area contributed by atoms with Crippen molar-refractivity contribution in [2.45, 2.75) is 128 Å². The van der Waals surface area contributed by atoms with E-state index >= 15 is 0 Å². The predicted molar refractivity (Wildman–Crippen MR) is 427 cm³/mol. The van der Waals surface area contributed by atoms with E-state index in [-0.39, 0.29) is 68.8 Å². The molecular formula is C90H78F3N9O9S3. The van der Waals surface area contributed by atoms with E-state index in [1.807, 2.05) is 50.3 Å². The van der Waals surface area contributed by atoms with Gasteiger partial charge in [0.15, 0.2) is 46.9 Å². The molecule has 0 amide bonds. The van der Waals surface area contributed by atoms with Gasteiger partial charge < -0.3 is 0 Å². The van der Waals surface area contributed by atoms with Crippen molar-refractivity contribution in [1.29, 1.82) is 0 Å². The summed E-state index contributed by atoms with van der Waals surface area (Å²) < 4.78 is 128. The summed E-state index contributed by atoms with van der Waals surface area (Å²) in [6.45, 7) is 3.90. The first kappa shape index (κ1) is 76.3. The average molecular weight is 1580 g/mol. The summed E-state index contributed by atoms with van der Waals surface area (Å²) >= 11 is 0. The summed E-state index contributed by atoms with van der Waals surface area (Å²) in [6, 6.07) is 56.3. The lowest BCUT2D eigenvalue weighted by molar-refractivity contribution is 0.0790. The number of sulfone groups is 3. The Balaban J connectivity index is 0.000000129. The number of Topliss-reactive ketones (excluding diaryl/α,β-unsaturated/α-hetero) is 3. The quantitative estimate of drug-likeness (QED) is 0.0816. The summed E-state index contributed by atoms with van der Waals surface area (Å²) in [5.74, 6) is -1.51. The first-order valence-corrected chi connectivity index (χ1v) is 42.5. The number of aromatic nitrogens is 9. The molecule has 6 aromatic heterocycles. The zero-order valence-corrected chi connectivity index (χ0v) is 64.8. The molecule has 3 saturated carbocycles. The number of halogens is 3. The standard InChI is InChI=1S/C31H28FN3O3S.C30H26FN3O3S.C29H24FN3O3S/c1-2-21-6-13-26(14-7-21)39(37,38)27-15-8-23-17-29-22(20-34-35(29)25-11-9-24(32)10-12-25)18-31(23,19-27)30(36)28-5-3-4-16-33-28;1-20-5-4-6-25(15-20)38(36,37)26-13-8-22-16-28-21(19-33-34(28)24-11-9-23(31)10-12-24)17-30(22,18-26)29(35)27-7-2-3-14-32-27;30-22-10-12-23(13-11-22)33-27-16-21-9-14-25(37(35,36)24-6-2-1-3-7-24)18-29(21,17-20(27)19-32-33)28(34)26-8-4-5-15-31-26/h3-7,9-14,16-17,20,27H,2,8,15,18-19H2,1H3;2-7,9-12,14-16,19,26H,8,13,17-18H2,1H3;1-8,10-13,15-16,19,25H,9,14,17-18H2/t27-,31-;26-,30+;25-,29-/m010/s1. The molecule has 0 bridgehead atoms. The maximum Gasteiger partial charge on any atom is 0.191 e. The van der Waals surface area contributed by atoms with Crippen LogP contribution in [0, 0.1) is 40.6 Å². The van der Waals surface area contributed by atoms with E-state index in [1.165, 1.54) is 36.4 Å². The van der Waals surface area contributed by atoms with E-state index in [4.69, 9.17) is 0 Å². The molecule has 6 atom stereocenters. The number of hydrogen-bond acceptors (Lipinski definition) is 15. The van der Waals surface area contributed by atoms with Gasteiger partial charge in [-0.05, 0) is 282 Å². The van der Waals surface area contributed by atoms with Gasteiger partial charge in [-0.15, -0.1) is 0 Å². The minimum atomic E-state index is -3.67. The third-order valence-electron chi connectivity index (χ3n) is 23.4. The molecule has 12 aromatic rings. The summed E-state index contributed by atoms with van der Waals surface area (Å²) in [6.07, 6.45) is 20.8. The molecule has 0 spiro atoms. The largest absolute Gasteiger partial charge is 0.291 e. The molecule has 0 aliphatic heterocycles. The fourth-order valence-corrected chi connectivity index (χ4v) is 23.1. The maximum absolute atomic E-state index is 14.2. The first-order chi connectivity index (χ1) is 55.0. The van der Waals surface area contributed by atoms with Crippen molar-refractivity contribution < 1.29 is 52.8 Å². The van der Waals surface area contributed by atoms with Crippen molar-refractivity contribution in [3.63, 3.8) is 0 Å². The fourth-order valence-electron chi connectivity index (χ4n) is 17.5. The third-order valence-corrected chi connectivity index (χ3v) is 30.0. The van der Waals surface area contributed by atoms with Gasteiger partial charge in [-0.2, -0.15) is 15.3 Å². The van der Waals surface area contributed by atoms with Crippen molar-refractivity contribution in [3.05, 3.63) is 340 Å². The van der Waals surface area contributed by atoms with Gasteiger partial charge in [-0.1, -0.05) is 84.3 Å². The zero-order valence-electron chi connectivity index (χ0n) is 62.3. The van der Waals surface area contributed by atoms with Crippen LogP contribution in [0.4, 0.5) is 13.2 Å². The second-order valence-electron chi connectivity index (χ2n) is 30.1. The monoisotopic (exact) mass is 1580 g/mol. The lowest BCUT2D eigenvalue weighted by Crippen LogP contribution is -2.45. The second kappa shape index (κ2) is 30.6. The molecule has 0 N–H and O–H groups in total. The van der Waals surface area contributed by atoms with Crippen LogP contribution in [0.3, 0.4) is 0 Å². The Bertz CT molecular complexity index is 6160. The summed E-state index contributed by atoms with van der Waals surface area (Å²) in [5, 5.41) is 11.5. The van der Waals surface area contributed by atoms with E-state index in [9.17, 15) is 52.8 Å². The number of pyridine rings is 3. The number of carbonyl (C=O) groups is 3. The van der Waals surface area contributed by atoms with Gasteiger partial charge in [0.2, 0.25) is 0 Å². The molecule has 0 radical (unpaired) electrons. The number of aryl methyl sites for hydroxylation is 2. The van der Waals surface area contributed by atoms with Crippen LogP contribution in [0.15, 0.2) is 275 Å². The van der Waals surface area contributed by atoms with E-state index in [2.05, 4.69) is 30.2 Å². The van der Waals surface area contributed by atoms with E-state index in [0.29, 0.717) is 91.9 Å². The molecule has 24 heteroatoms. The average Bonchev–Trinajstić information content (AvgIpc) is 1.18. The smallest absolute Gasteiger partial charge is 0.191 e. The van der Waals surface area contributed by atoms with Gasteiger partial charge in [0.25, 0.3) is 0 Å². The summed E-state index contributed by atoms with van der Waals surface area (Å²) in [5.41, 5.74) is 9.61. The first-order valence-electron chi connectivity index (χ1n) is 37.9. The van der Waals surface area contributed by atoms with Crippen LogP contribution in [-0.2, 0) is 55.2 Å². The Labute approximate surface area is 658 Å². The number of fused-ring (bicyclic) bond motifs is 6. The number of ketones is 3. The van der Waals surface area contributed by atoms with Crippen molar-refractivity contribution in [2.24, 2.45) is 16.2 Å². The predicted octanol–water partition coefficient (Wildman–Crippen LogP) is 16.6. The van der Waals surface area contributed by atoms with Crippen LogP contribution in [0.5, 0.6) is 0 Å². The Morgan fingerprint density at radius 3 is 1.04 bits per heavy atom. The number of nitrogens with zero attached hydrogens (tertiary/aromatic N) is 9. The SMILES string of the molecule is CCc1ccc(S(=O)(=O)[C@H]2CCC3=Cc4c(cnn4-c4ccc(F)cc4)C[C@]3(C(=O)c3ccccn3)C2)cc1.Cc1cccc(S(=O)(=O)[C@@H]2CCC3=Cc4c(cnn4-c4ccc(F)cc4)C[C@]3(C(=O)c3ccccn3)C2)c1.O=C(c1ccccn1)[C@]12Cc3cnn(-c4ccc(F)cc4)c3C=C1CC[C@H](S(=O)(=O)c1ccccc1)C2. The van der Waals surface area contributed by atoms with Crippen molar-refractivity contribution >= 4 is 65.1 Å². The van der Waals surface area contributed by atoms with Crippen LogP contribution >= 0.6 is 0 Å². The Morgan fingerprint density at radius 2 is 0.719 bits per heavy atom. The molecule has 114 heavy (non-hydrogen) atoms. The number of hydrogen-bond donors (Lipinski definition) is 0. The Hall–Kier alpha value is -11.7. The Kier molecular flexibility index (Phi) is 20.5. The maximum atomic E-state index is 14.2. The molecule has 576 valence electrons. The van der Waals surface area contributed by atoms with Gasteiger partial charge in [0.1, 0.15) is 34.5 Å². The molecule has 6 aliphatic rings. The van der Waals surface area contributed by atoms with Crippen molar-refractivity contribution in [2.75, 3.05) is 0 Å². The molecule has 18 nitrogen and oxygen atoms in total. The van der Waals surface area contributed by atoms with Crippen molar-refractivity contribution in [3.8, 4) is 17.1 Å². The summed E-state index contributed by atoms with van der Waals surface area (Å²) in [7, 11) is -11.0. The third kappa shape index (κ3) is 14.1. The van der Waals surface area contributed by atoms with Gasteiger partial charge in [0, 0.05) is 18.6 Å². The van der Waals surface area contributed by atoms with Crippen LogP contribution in [0.2, 0.25) is 0 Å². The lowest BCUT2D eigenvalue weighted by Gasteiger charge is -2.43. The van der Waals surface area contributed by atoms with E-state index in [1.54, 1.807) is 203 Å². The highest BCUT2D eigenvalue weighted by Crippen LogP contribution is 2.56. The van der Waals surface area contributed by atoms with Crippen molar-refractivity contribution in [1.82, 2.24) is 44.3 Å². The fraction of sp³-hybridized carbons (Fsp3) is 0.233. The minimum absolute atomic E-state index is 0.171. The highest BCUT2D eigenvalue weighted by atomic mass is 32.2. The second-order valence-corrected chi connectivity index (χ2v) is 36.8. The van der Waals surface area contributed by atoms with Crippen LogP contribution in [0.1, 0.15) is 141 Å².